The van der Waals surface area contributed by atoms with E-state index in [1.807, 2.05) is 6.07 Å². The highest BCUT2D eigenvalue weighted by Gasteiger charge is 2.20. The summed E-state index contributed by atoms with van der Waals surface area (Å²) in [5.74, 6) is 2.06. The van der Waals surface area contributed by atoms with Crippen molar-refractivity contribution in [1.29, 1.82) is 0 Å². The summed E-state index contributed by atoms with van der Waals surface area (Å²) < 4.78 is 0.811. The Hall–Kier alpha value is -0.680. The van der Waals surface area contributed by atoms with Gasteiger partial charge in [0.25, 0.3) is 0 Å². The van der Waals surface area contributed by atoms with Gasteiger partial charge in [-0.1, -0.05) is 13.8 Å². The molecule has 0 amide bonds. The summed E-state index contributed by atoms with van der Waals surface area (Å²) in [6.45, 7) is 5.78. The first-order chi connectivity index (χ1) is 8.06. The predicted molar refractivity (Wildman–Crippen MR) is 71.3 cm³/mol. The van der Waals surface area contributed by atoms with Crippen LogP contribution in [0, 0.1) is 0 Å². The van der Waals surface area contributed by atoms with E-state index in [9.17, 15) is 5.11 Å². The quantitative estimate of drug-likeness (QED) is 0.852. The van der Waals surface area contributed by atoms with Crippen LogP contribution < -0.4 is 4.90 Å². The third kappa shape index (κ3) is 3.16. The number of hydrogen-bond acceptors (Lipinski definition) is 4. The van der Waals surface area contributed by atoms with E-state index in [-0.39, 0.29) is 6.10 Å². The molecule has 1 N–H and O–H groups in total. The van der Waals surface area contributed by atoms with Gasteiger partial charge >= 0.3 is 0 Å². The minimum absolute atomic E-state index is 0.236. The average Bonchev–Trinajstić information content (AvgIpc) is 2.28. The number of anilines is 1. The molecule has 17 heavy (non-hydrogen) atoms. The van der Waals surface area contributed by atoms with Crippen molar-refractivity contribution in [2.75, 3.05) is 18.0 Å². The van der Waals surface area contributed by atoms with Gasteiger partial charge in [0, 0.05) is 25.1 Å². The molecule has 1 aliphatic heterocycles. The molecule has 94 valence electrons. The number of halogens is 1. The van der Waals surface area contributed by atoms with Crippen LogP contribution in [0.4, 0.5) is 5.82 Å². The Labute approximate surface area is 110 Å². The summed E-state index contributed by atoms with van der Waals surface area (Å²) in [7, 11) is 0. The second kappa shape index (κ2) is 5.31. The molecular formula is C12H18BrN3O. The normalized spacial score (nSPS) is 21.0. The fourth-order valence-electron chi connectivity index (χ4n) is 2.01. The highest BCUT2D eigenvalue weighted by molar-refractivity contribution is 9.10. The van der Waals surface area contributed by atoms with Crippen molar-refractivity contribution in [2.45, 2.75) is 38.7 Å². The van der Waals surface area contributed by atoms with Crippen LogP contribution >= 0.6 is 15.9 Å². The molecule has 2 rings (SSSR count). The number of rotatable bonds is 2. The fraction of sp³-hybridized carbons (Fsp3) is 0.667. The van der Waals surface area contributed by atoms with Crippen LogP contribution in [0.15, 0.2) is 10.7 Å². The molecule has 0 bridgehead atoms. The zero-order valence-corrected chi connectivity index (χ0v) is 11.8. The Bertz CT molecular complexity index is 397. The van der Waals surface area contributed by atoms with E-state index in [1.54, 1.807) is 0 Å². The van der Waals surface area contributed by atoms with Crippen molar-refractivity contribution >= 4 is 21.7 Å². The van der Waals surface area contributed by atoms with Gasteiger partial charge in [-0.3, -0.25) is 0 Å². The van der Waals surface area contributed by atoms with Gasteiger partial charge in [0.2, 0.25) is 0 Å². The third-order valence-corrected chi connectivity index (χ3v) is 3.34. The van der Waals surface area contributed by atoms with Gasteiger partial charge in [-0.05, 0) is 28.8 Å². The number of hydrogen-bond donors (Lipinski definition) is 1. The zero-order chi connectivity index (χ0) is 12.4. The molecule has 0 radical (unpaired) electrons. The van der Waals surface area contributed by atoms with Crippen molar-refractivity contribution in [2.24, 2.45) is 0 Å². The standard InChI is InChI=1S/C12H18BrN3O/c1-8(2)12-14-10(13)6-11(15-12)16-5-3-4-9(17)7-16/h6,8-9,17H,3-5,7H2,1-2H3. The van der Waals surface area contributed by atoms with Gasteiger partial charge in [-0.25, -0.2) is 9.97 Å². The summed E-state index contributed by atoms with van der Waals surface area (Å²) in [5.41, 5.74) is 0. The monoisotopic (exact) mass is 299 g/mol. The summed E-state index contributed by atoms with van der Waals surface area (Å²) in [6, 6.07) is 1.92. The molecule has 5 heteroatoms. The van der Waals surface area contributed by atoms with Crippen LogP contribution in [0.5, 0.6) is 0 Å². The number of aliphatic hydroxyl groups is 1. The van der Waals surface area contributed by atoms with Crippen LogP contribution in [0.2, 0.25) is 0 Å². The molecule has 1 atom stereocenters. The van der Waals surface area contributed by atoms with Crippen LogP contribution in [0.1, 0.15) is 38.4 Å². The second-order valence-electron chi connectivity index (χ2n) is 4.80. The van der Waals surface area contributed by atoms with Gasteiger partial charge in [0.1, 0.15) is 16.2 Å². The number of piperidine rings is 1. The van der Waals surface area contributed by atoms with E-state index in [0.717, 1.165) is 35.6 Å². The van der Waals surface area contributed by atoms with Crippen molar-refractivity contribution < 1.29 is 5.11 Å². The zero-order valence-electron chi connectivity index (χ0n) is 10.2. The maximum Gasteiger partial charge on any atom is 0.134 e. The summed E-state index contributed by atoms with van der Waals surface area (Å²) in [6.07, 6.45) is 1.67. The molecule has 1 fully saturated rings. The minimum atomic E-state index is -0.236. The lowest BCUT2D eigenvalue weighted by atomic mass is 10.1. The van der Waals surface area contributed by atoms with E-state index >= 15 is 0 Å². The van der Waals surface area contributed by atoms with Crippen molar-refractivity contribution in [3.63, 3.8) is 0 Å². The Morgan fingerprint density at radius 2 is 2.24 bits per heavy atom. The van der Waals surface area contributed by atoms with Crippen LogP contribution in [-0.2, 0) is 0 Å². The number of β-amino-alcohol motifs (C(OH)–C–C–N with tert-alkyl or cyclic N) is 1. The summed E-state index contributed by atoms with van der Waals surface area (Å²) >= 11 is 3.42. The van der Waals surface area contributed by atoms with E-state index in [0.29, 0.717) is 12.5 Å². The number of aromatic nitrogens is 2. The van der Waals surface area contributed by atoms with Gasteiger partial charge in [-0.15, -0.1) is 0 Å². The van der Waals surface area contributed by atoms with Gasteiger partial charge in [-0.2, -0.15) is 0 Å². The highest BCUT2D eigenvalue weighted by Crippen LogP contribution is 2.23. The molecule has 1 aromatic rings. The number of nitrogens with zero attached hydrogens (tertiary/aromatic N) is 3. The molecule has 0 spiro atoms. The van der Waals surface area contributed by atoms with Crippen LogP contribution in [0.25, 0.3) is 0 Å². The fourth-order valence-corrected chi connectivity index (χ4v) is 2.39. The first-order valence-corrected chi connectivity index (χ1v) is 6.83. The van der Waals surface area contributed by atoms with Crippen molar-refractivity contribution in [1.82, 2.24) is 9.97 Å². The topological polar surface area (TPSA) is 49.2 Å². The third-order valence-electron chi connectivity index (χ3n) is 2.94. The van der Waals surface area contributed by atoms with Crippen molar-refractivity contribution in [3.8, 4) is 0 Å². The molecule has 0 aliphatic carbocycles. The summed E-state index contributed by atoms with van der Waals surface area (Å²) in [5, 5.41) is 9.69. The Morgan fingerprint density at radius 1 is 1.47 bits per heavy atom. The van der Waals surface area contributed by atoms with Crippen molar-refractivity contribution in [3.05, 3.63) is 16.5 Å². The Morgan fingerprint density at radius 3 is 2.88 bits per heavy atom. The molecule has 1 aromatic heterocycles. The number of aliphatic hydroxyl groups excluding tert-OH is 1. The van der Waals surface area contributed by atoms with Gasteiger partial charge in [0.15, 0.2) is 0 Å². The molecule has 0 aromatic carbocycles. The molecule has 4 nitrogen and oxygen atoms in total. The SMILES string of the molecule is CC(C)c1nc(Br)cc(N2CCCC(O)C2)n1. The molecule has 0 saturated carbocycles. The highest BCUT2D eigenvalue weighted by atomic mass is 79.9. The first kappa shape index (κ1) is 12.8. The summed E-state index contributed by atoms with van der Waals surface area (Å²) in [4.78, 5) is 11.1. The molecule has 1 aliphatic rings. The van der Waals surface area contributed by atoms with Gasteiger partial charge < -0.3 is 10.0 Å². The lowest BCUT2D eigenvalue weighted by Crippen LogP contribution is -2.38. The second-order valence-corrected chi connectivity index (χ2v) is 5.62. The average molecular weight is 300 g/mol. The smallest absolute Gasteiger partial charge is 0.134 e. The first-order valence-electron chi connectivity index (χ1n) is 6.03. The minimum Gasteiger partial charge on any atom is -0.391 e. The lowest BCUT2D eigenvalue weighted by molar-refractivity contribution is 0.154. The molecule has 1 saturated heterocycles. The molecular weight excluding hydrogens is 282 g/mol. The van der Waals surface area contributed by atoms with Gasteiger partial charge in [0.05, 0.1) is 6.10 Å². The van der Waals surface area contributed by atoms with E-state index in [4.69, 9.17) is 0 Å². The molecule has 1 unspecified atom stereocenters. The largest absolute Gasteiger partial charge is 0.391 e. The molecule has 2 heterocycles. The maximum absolute atomic E-state index is 9.69. The maximum atomic E-state index is 9.69. The Balaban J connectivity index is 2.25. The van der Waals surface area contributed by atoms with Crippen LogP contribution in [0.3, 0.4) is 0 Å². The lowest BCUT2D eigenvalue weighted by Gasteiger charge is -2.31. The van der Waals surface area contributed by atoms with E-state index < -0.39 is 0 Å². The van der Waals surface area contributed by atoms with E-state index in [2.05, 4.69) is 44.6 Å². The predicted octanol–water partition coefficient (Wildman–Crippen LogP) is 2.32. The van der Waals surface area contributed by atoms with Crippen LogP contribution in [-0.4, -0.2) is 34.3 Å². The Kier molecular flexibility index (Phi) is 3.99. The van der Waals surface area contributed by atoms with E-state index in [1.165, 1.54) is 0 Å².